The molecule has 1 aromatic heterocycles. The van der Waals surface area contributed by atoms with Crippen LogP contribution in [0.4, 0.5) is 0 Å². The Balaban J connectivity index is 2.45. The van der Waals surface area contributed by atoms with Gasteiger partial charge in [0.15, 0.2) is 11.5 Å². The number of carbonyl (C=O) groups is 2. The van der Waals surface area contributed by atoms with Crippen LogP contribution in [0.15, 0.2) is 27.9 Å². The molecule has 1 aromatic rings. The Labute approximate surface area is 142 Å². The quantitative estimate of drug-likeness (QED) is 0.809. The molecule has 1 aliphatic rings. The second kappa shape index (κ2) is 6.81. The molecule has 1 unspecified atom stereocenters. The highest BCUT2D eigenvalue weighted by atomic mass is 16.5. The second-order valence-electron chi connectivity index (χ2n) is 7.04. The number of ether oxygens (including phenoxy) is 1. The third-order valence-corrected chi connectivity index (χ3v) is 4.01. The Bertz CT molecular complexity index is 665. The van der Waals surface area contributed by atoms with Crippen LogP contribution in [0, 0.1) is 12.3 Å². The lowest BCUT2D eigenvalue weighted by Gasteiger charge is -2.27. The molecule has 2 rings (SSSR count). The normalized spacial score (nSPS) is 18.6. The topological polar surface area (TPSA) is 80.0 Å². The third-order valence-electron chi connectivity index (χ3n) is 4.01. The molecule has 0 saturated heterocycles. The number of hydrogen-bond acceptors (Lipinski definition) is 5. The zero-order valence-electron chi connectivity index (χ0n) is 14.9. The summed E-state index contributed by atoms with van der Waals surface area (Å²) in [4.78, 5) is 26.8. The molecular formula is C18H25NO5. The number of hydrogen-bond donors (Lipinski definition) is 1. The number of aryl methyl sites for hydroxylation is 1. The number of carbonyl (C=O) groups excluding carboxylic acids is 2. The fourth-order valence-electron chi connectivity index (χ4n) is 2.80. The molecule has 1 N–H and O–H groups in total. The van der Waals surface area contributed by atoms with Gasteiger partial charge in [-0.25, -0.2) is 0 Å². The van der Waals surface area contributed by atoms with Crippen molar-refractivity contribution in [3.63, 3.8) is 0 Å². The van der Waals surface area contributed by atoms with Crippen molar-refractivity contribution in [2.24, 2.45) is 5.41 Å². The lowest BCUT2D eigenvalue weighted by atomic mass is 9.83. The van der Waals surface area contributed by atoms with Crippen molar-refractivity contribution in [3.8, 4) is 0 Å². The van der Waals surface area contributed by atoms with Crippen LogP contribution in [-0.4, -0.2) is 42.0 Å². The van der Waals surface area contributed by atoms with Crippen LogP contribution in [0.25, 0.3) is 0 Å². The Kier molecular flexibility index (Phi) is 5.18. The molecule has 6 heteroatoms. The minimum absolute atomic E-state index is 0.110. The molecule has 0 aliphatic carbocycles. The minimum Gasteiger partial charge on any atom is -0.503 e. The smallest absolute Gasteiger partial charge is 0.290 e. The predicted octanol–water partition coefficient (Wildman–Crippen LogP) is 2.94. The summed E-state index contributed by atoms with van der Waals surface area (Å²) in [6.45, 7) is 7.93. The van der Waals surface area contributed by atoms with E-state index in [2.05, 4.69) is 0 Å². The van der Waals surface area contributed by atoms with Gasteiger partial charge in [-0.2, -0.15) is 0 Å². The van der Waals surface area contributed by atoms with Gasteiger partial charge in [-0.1, -0.05) is 20.8 Å². The maximum Gasteiger partial charge on any atom is 0.290 e. The molecule has 0 bridgehead atoms. The van der Waals surface area contributed by atoms with E-state index >= 15 is 0 Å². The minimum atomic E-state index is -0.716. The zero-order chi connectivity index (χ0) is 18.1. The summed E-state index contributed by atoms with van der Waals surface area (Å²) in [7, 11) is 1.59. The summed E-state index contributed by atoms with van der Waals surface area (Å²) in [5, 5.41) is 10.4. The summed E-state index contributed by atoms with van der Waals surface area (Å²) in [6, 6.07) is 2.82. The highest BCUT2D eigenvalue weighted by molar-refractivity contribution is 6.10. The molecular weight excluding hydrogens is 310 g/mol. The van der Waals surface area contributed by atoms with Crippen molar-refractivity contribution in [2.45, 2.75) is 40.2 Å². The first-order valence-electron chi connectivity index (χ1n) is 8.02. The van der Waals surface area contributed by atoms with E-state index in [-0.39, 0.29) is 11.4 Å². The van der Waals surface area contributed by atoms with Crippen LogP contribution in [0.2, 0.25) is 0 Å². The predicted molar refractivity (Wildman–Crippen MR) is 88.5 cm³/mol. The van der Waals surface area contributed by atoms with E-state index < -0.39 is 23.1 Å². The first-order valence-corrected chi connectivity index (χ1v) is 8.02. The molecule has 1 atom stereocenters. The molecule has 2 heterocycles. The first-order chi connectivity index (χ1) is 11.2. The standard InChI is InChI=1S/C18H25NO5/c1-11-7-8-12(24-11)14-13(16(21)18(2,3)4)15(20)17(22)19(14)9-6-10-23-5/h7-8,14,20H,6,9-10H2,1-5H3. The van der Waals surface area contributed by atoms with Gasteiger partial charge in [-0.05, 0) is 25.5 Å². The van der Waals surface area contributed by atoms with Crippen molar-refractivity contribution >= 4 is 11.7 Å². The molecule has 24 heavy (non-hydrogen) atoms. The van der Waals surface area contributed by atoms with Crippen molar-refractivity contribution in [1.82, 2.24) is 4.90 Å². The summed E-state index contributed by atoms with van der Waals surface area (Å²) in [5.74, 6) is -0.121. The van der Waals surface area contributed by atoms with E-state index in [1.54, 1.807) is 46.9 Å². The zero-order valence-corrected chi connectivity index (χ0v) is 14.9. The highest BCUT2D eigenvalue weighted by Gasteiger charge is 2.46. The molecule has 1 amide bonds. The summed E-state index contributed by atoms with van der Waals surface area (Å²) in [5.41, 5.74) is -0.606. The second-order valence-corrected chi connectivity index (χ2v) is 7.04. The van der Waals surface area contributed by atoms with Gasteiger partial charge in [0.1, 0.15) is 17.6 Å². The number of Topliss-reactive ketones (excluding diaryl/α,β-unsaturated/α-hetero) is 1. The maximum absolute atomic E-state index is 12.8. The number of furan rings is 1. The molecule has 0 saturated carbocycles. The Morgan fingerprint density at radius 2 is 2.04 bits per heavy atom. The van der Waals surface area contributed by atoms with E-state index in [4.69, 9.17) is 9.15 Å². The van der Waals surface area contributed by atoms with Gasteiger partial charge in [0.25, 0.3) is 5.91 Å². The van der Waals surface area contributed by atoms with Gasteiger partial charge in [0, 0.05) is 25.7 Å². The van der Waals surface area contributed by atoms with Crippen LogP contribution in [0.1, 0.15) is 44.8 Å². The molecule has 0 radical (unpaired) electrons. The molecule has 0 fully saturated rings. The van der Waals surface area contributed by atoms with E-state index in [1.165, 1.54) is 4.90 Å². The number of aliphatic hydroxyl groups is 1. The van der Waals surface area contributed by atoms with Crippen molar-refractivity contribution in [2.75, 3.05) is 20.3 Å². The van der Waals surface area contributed by atoms with E-state index in [1.807, 2.05) is 0 Å². The van der Waals surface area contributed by atoms with Crippen LogP contribution in [-0.2, 0) is 14.3 Å². The van der Waals surface area contributed by atoms with Gasteiger partial charge < -0.3 is 19.2 Å². The summed E-state index contributed by atoms with van der Waals surface area (Å²) < 4.78 is 10.7. The molecule has 0 aromatic carbocycles. The lowest BCUT2D eigenvalue weighted by Crippen LogP contribution is -2.33. The van der Waals surface area contributed by atoms with Crippen molar-refractivity contribution in [3.05, 3.63) is 35.0 Å². The van der Waals surface area contributed by atoms with E-state index in [0.29, 0.717) is 31.1 Å². The van der Waals surface area contributed by atoms with Crippen LogP contribution < -0.4 is 0 Å². The lowest BCUT2D eigenvalue weighted by molar-refractivity contribution is -0.129. The number of ketones is 1. The fourth-order valence-corrected chi connectivity index (χ4v) is 2.80. The van der Waals surface area contributed by atoms with Crippen LogP contribution in [0.5, 0.6) is 0 Å². The summed E-state index contributed by atoms with van der Waals surface area (Å²) in [6.07, 6.45) is 0.600. The van der Waals surface area contributed by atoms with E-state index in [9.17, 15) is 14.7 Å². The molecule has 6 nitrogen and oxygen atoms in total. The van der Waals surface area contributed by atoms with Crippen molar-refractivity contribution < 1.29 is 23.8 Å². The third kappa shape index (κ3) is 3.38. The fraction of sp³-hybridized carbons (Fsp3) is 0.556. The van der Waals surface area contributed by atoms with E-state index in [0.717, 1.165) is 0 Å². The van der Waals surface area contributed by atoms with Crippen molar-refractivity contribution in [1.29, 1.82) is 0 Å². The Morgan fingerprint density at radius 1 is 1.38 bits per heavy atom. The van der Waals surface area contributed by atoms with Gasteiger partial charge in [-0.3, -0.25) is 9.59 Å². The van der Waals surface area contributed by atoms with Crippen LogP contribution >= 0.6 is 0 Å². The molecule has 132 valence electrons. The van der Waals surface area contributed by atoms with Gasteiger partial charge in [0.05, 0.1) is 5.57 Å². The summed E-state index contributed by atoms with van der Waals surface area (Å²) >= 11 is 0. The number of rotatable bonds is 6. The number of nitrogens with zero attached hydrogens (tertiary/aromatic N) is 1. The Hall–Kier alpha value is -2.08. The number of aliphatic hydroxyl groups excluding tert-OH is 1. The number of methoxy groups -OCH3 is 1. The highest BCUT2D eigenvalue weighted by Crippen LogP contribution is 2.41. The van der Waals surface area contributed by atoms with Gasteiger partial charge >= 0.3 is 0 Å². The van der Waals surface area contributed by atoms with Gasteiger partial charge in [0.2, 0.25) is 0 Å². The molecule has 1 aliphatic heterocycles. The first kappa shape index (κ1) is 18.3. The number of amides is 1. The monoisotopic (exact) mass is 335 g/mol. The van der Waals surface area contributed by atoms with Crippen LogP contribution in [0.3, 0.4) is 0 Å². The van der Waals surface area contributed by atoms with Gasteiger partial charge in [-0.15, -0.1) is 0 Å². The maximum atomic E-state index is 12.8. The average molecular weight is 335 g/mol. The SMILES string of the molecule is COCCCN1C(=O)C(O)=C(C(=O)C(C)(C)C)C1c1ccc(C)o1. The average Bonchev–Trinajstić information content (AvgIpc) is 3.02. The Morgan fingerprint density at radius 3 is 2.54 bits per heavy atom. The molecule has 0 spiro atoms. The largest absolute Gasteiger partial charge is 0.503 e.